The van der Waals surface area contributed by atoms with Crippen LogP contribution in [0.2, 0.25) is 0 Å². The van der Waals surface area contributed by atoms with E-state index in [2.05, 4.69) is 5.32 Å². The molecular formula is C37H47NNaO12. The summed E-state index contributed by atoms with van der Waals surface area (Å²) in [4.78, 5) is 40.2. The first-order valence-electron chi connectivity index (χ1n) is 16.4. The van der Waals surface area contributed by atoms with E-state index >= 15 is 0 Å². The minimum absolute atomic E-state index is 0. The van der Waals surface area contributed by atoms with Crippen LogP contribution in [0.1, 0.15) is 57.5 Å². The van der Waals surface area contributed by atoms with E-state index in [1.165, 1.54) is 53.4 Å². The summed E-state index contributed by atoms with van der Waals surface area (Å²) < 4.78 is 22.6. The van der Waals surface area contributed by atoms with Crippen LogP contribution < -0.4 is 10.1 Å². The molecule has 3 heterocycles. The van der Waals surface area contributed by atoms with Gasteiger partial charge >= 0.3 is 11.8 Å². The molecule has 51 heavy (non-hydrogen) atoms. The van der Waals surface area contributed by atoms with E-state index in [9.17, 15) is 39.9 Å². The number of anilines is 1. The van der Waals surface area contributed by atoms with Crippen LogP contribution in [0.5, 0.6) is 23.0 Å². The Balaban J connectivity index is 0.00000702. The summed E-state index contributed by atoms with van der Waals surface area (Å²) >= 11 is 0. The van der Waals surface area contributed by atoms with E-state index in [0.717, 1.165) is 6.07 Å². The third kappa shape index (κ3) is 7.79. The van der Waals surface area contributed by atoms with Crippen LogP contribution in [-0.4, -0.2) is 111 Å². The van der Waals surface area contributed by atoms with Gasteiger partial charge in [0.05, 0.1) is 54.2 Å². The third-order valence-corrected chi connectivity index (χ3v) is 10.1. The molecule has 5 rings (SSSR count). The van der Waals surface area contributed by atoms with Crippen LogP contribution in [0.4, 0.5) is 5.69 Å². The number of phenolic OH excluding ortho intramolecular Hbond substituents is 3. The number of carbonyl (C=O) groups is 3. The molecule has 14 heteroatoms. The van der Waals surface area contributed by atoms with Gasteiger partial charge in [-0.05, 0) is 31.8 Å². The van der Waals surface area contributed by atoms with Crippen molar-refractivity contribution in [2.45, 2.75) is 72.6 Å². The summed E-state index contributed by atoms with van der Waals surface area (Å²) in [5.41, 5.74) is -0.105. The number of methoxy groups -OCH3 is 2. The van der Waals surface area contributed by atoms with Crippen molar-refractivity contribution in [3.63, 3.8) is 0 Å². The quantitative estimate of drug-likeness (QED) is 0.112. The zero-order valence-corrected chi connectivity index (χ0v) is 32.7. The Kier molecular flexibility index (Phi) is 13.4. The fourth-order valence-electron chi connectivity index (χ4n) is 6.84. The molecule has 0 spiro atoms. The van der Waals surface area contributed by atoms with Crippen molar-refractivity contribution in [2.75, 3.05) is 19.5 Å². The van der Waals surface area contributed by atoms with Crippen LogP contribution in [0.25, 0.3) is 10.8 Å². The number of ketones is 1. The normalized spacial score (nSPS) is 32.6. The number of amides is 1. The molecule has 2 aromatic rings. The molecule has 3 aliphatic rings. The number of hydrogen-bond donors (Lipinski definition) is 6. The summed E-state index contributed by atoms with van der Waals surface area (Å²) in [5, 5.41) is 58.2. The fourth-order valence-corrected chi connectivity index (χ4v) is 6.84. The van der Waals surface area contributed by atoms with Gasteiger partial charge in [-0.25, -0.2) is 0 Å². The molecule has 0 unspecified atom stereocenters. The Morgan fingerprint density at radius 2 is 1.57 bits per heavy atom. The minimum atomic E-state index is -1.99. The average molecular weight is 721 g/mol. The van der Waals surface area contributed by atoms with Gasteiger partial charge in [0.15, 0.2) is 5.75 Å². The number of Topliss-reactive ketones (excluding diaryl/α,β-unsaturated/α-hetero) is 1. The second-order valence-corrected chi connectivity index (χ2v) is 13.4. The average Bonchev–Trinajstić information content (AvgIpc) is 3.34. The maximum absolute atomic E-state index is 13.9. The molecule has 5 bridgehead atoms. The van der Waals surface area contributed by atoms with Crippen molar-refractivity contribution in [1.29, 1.82) is 0 Å². The standard InChI is InChI=1S/C37H47NO12.Na/c1-16-11-10-12-17(2)35(45)38-22-15-23(39)26-27(32(22)43)31(42)21(6)33-28(26)34(44)37(7,50-33)49-14-13-24(47-8)18(3)25(36(46)48-9)19(4)30(41)20(5)29(16)40;/h10-16,18-20,24-25,29-30,39-43H,1-9H3,(H,38,45);/b11-10+,14-13+,17-12-;/t16-,18+,19-,20+,24-,25+,29-,30-,37-;/m0./s1. The number of hydrogen-bond acceptors (Lipinski definition) is 12. The van der Waals surface area contributed by atoms with E-state index in [4.69, 9.17) is 18.9 Å². The van der Waals surface area contributed by atoms with Gasteiger partial charge in [0, 0.05) is 78.0 Å². The molecule has 273 valence electrons. The Morgan fingerprint density at radius 3 is 2.18 bits per heavy atom. The molecule has 1 radical (unpaired) electrons. The van der Waals surface area contributed by atoms with Gasteiger partial charge < -0.3 is 49.8 Å². The number of phenols is 3. The topological polar surface area (TPSA) is 201 Å². The first-order chi connectivity index (χ1) is 23.4. The number of benzene rings is 2. The molecule has 2 aromatic carbocycles. The Morgan fingerprint density at radius 1 is 0.922 bits per heavy atom. The fraction of sp³-hybridized carbons (Fsp3) is 0.486. The summed E-state index contributed by atoms with van der Waals surface area (Å²) in [6, 6.07) is 1.06. The predicted molar refractivity (Wildman–Crippen MR) is 190 cm³/mol. The Labute approximate surface area is 319 Å². The van der Waals surface area contributed by atoms with Gasteiger partial charge in [-0.2, -0.15) is 0 Å². The van der Waals surface area contributed by atoms with Crippen molar-refractivity contribution in [2.24, 2.45) is 29.6 Å². The number of aromatic hydroxyl groups is 3. The number of fused-ring (bicyclic) bond motifs is 14. The summed E-state index contributed by atoms with van der Waals surface area (Å²) in [6.07, 6.45) is 4.39. The molecule has 0 aromatic heterocycles. The first-order valence-corrected chi connectivity index (χ1v) is 16.4. The van der Waals surface area contributed by atoms with Gasteiger partial charge in [0.25, 0.3) is 11.7 Å². The van der Waals surface area contributed by atoms with E-state index in [0.29, 0.717) is 0 Å². The van der Waals surface area contributed by atoms with Crippen molar-refractivity contribution in [3.8, 4) is 23.0 Å². The van der Waals surface area contributed by atoms with Crippen molar-refractivity contribution in [3.05, 3.63) is 53.3 Å². The van der Waals surface area contributed by atoms with E-state index < -0.39 is 88.6 Å². The van der Waals surface area contributed by atoms with Crippen LogP contribution in [0.15, 0.2) is 42.2 Å². The van der Waals surface area contributed by atoms with E-state index in [1.807, 2.05) is 0 Å². The molecular weight excluding hydrogens is 673 g/mol. The molecule has 0 saturated heterocycles. The monoisotopic (exact) mass is 720 g/mol. The van der Waals surface area contributed by atoms with Crippen molar-refractivity contribution < 1.29 is 58.9 Å². The molecule has 1 amide bonds. The number of ether oxygens (including phenoxy) is 4. The van der Waals surface area contributed by atoms with Gasteiger partial charge in [0.1, 0.15) is 17.2 Å². The second kappa shape index (κ2) is 16.4. The van der Waals surface area contributed by atoms with Crippen LogP contribution in [-0.2, 0) is 23.8 Å². The largest absolute Gasteiger partial charge is 0.507 e. The number of carbonyl (C=O) groups excluding carboxylic acids is 3. The molecule has 13 nitrogen and oxygen atoms in total. The maximum Gasteiger partial charge on any atom is 0.312 e. The predicted octanol–water partition coefficient (Wildman–Crippen LogP) is 4.23. The molecule has 6 N–H and O–H groups in total. The van der Waals surface area contributed by atoms with Crippen LogP contribution in [0.3, 0.4) is 0 Å². The first kappa shape index (κ1) is 41.8. The zero-order valence-electron chi connectivity index (χ0n) is 30.7. The Hall–Kier alpha value is -3.59. The van der Waals surface area contributed by atoms with Gasteiger partial charge in [-0.3, -0.25) is 14.4 Å². The number of esters is 1. The smallest absolute Gasteiger partial charge is 0.312 e. The van der Waals surface area contributed by atoms with E-state index in [1.54, 1.807) is 39.8 Å². The number of rotatable bonds is 2. The Bertz CT molecular complexity index is 1770. The zero-order chi connectivity index (χ0) is 37.4. The molecule has 0 fully saturated rings. The number of allylic oxidation sites excluding steroid dienone is 2. The summed E-state index contributed by atoms with van der Waals surface area (Å²) in [7, 11) is 2.66. The number of aliphatic hydroxyl groups excluding tert-OH is 2. The summed E-state index contributed by atoms with van der Waals surface area (Å²) in [5.74, 6) is -9.04. The molecule has 0 aliphatic carbocycles. The number of nitrogens with one attached hydrogen (secondary N) is 1. The van der Waals surface area contributed by atoms with Crippen LogP contribution >= 0.6 is 0 Å². The van der Waals surface area contributed by atoms with Crippen LogP contribution in [0, 0.1) is 36.5 Å². The van der Waals surface area contributed by atoms with Crippen molar-refractivity contribution >= 4 is 63.7 Å². The van der Waals surface area contributed by atoms with Gasteiger partial charge in [0.2, 0.25) is 0 Å². The summed E-state index contributed by atoms with van der Waals surface area (Å²) in [6.45, 7) is 11.2. The van der Waals surface area contributed by atoms with E-state index in [-0.39, 0.29) is 68.5 Å². The van der Waals surface area contributed by atoms with Crippen molar-refractivity contribution in [1.82, 2.24) is 0 Å². The molecule has 9 atom stereocenters. The number of aliphatic hydroxyl groups is 2. The second-order valence-electron chi connectivity index (χ2n) is 13.4. The SMILES string of the molecule is COC(=O)[C@H]1[C@H](C)[C@H](O)[C@H](C)[C@@H](O)[C@@H](C)/C=C/C=C(/C)C(=O)Nc2cc(O)c3c4c(c(C)c(O)c3c2O)O[C@](C)(O/C=C/[C@H](OC)[C@H]1C)C4=O.[Na]. The van der Waals surface area contributed by atoms with Gasteiger partial charge in [-0.15, -0.1) is 0 Å². The minimum Gasteiger partial charge on any atom is -0.507 e. The van der Waals surface area contributed by atoms with Gasteiger partial charge in [-0.1, -0.05) is 45.9 Å². The molecule has 3 aliphatic heterocycles. The molecule has 0 saturated carbocycles. The third-order valence-electron chi connectivity index (χ3n) is 10.1. The maximum atomic E-state index is 13.9.